The molecular formula is C23H28N2O2. The summed E-state index contributed by atoms with van der Waals surface area (Å²) in [5.41, 5.74) is 2.35. The lowest BCUT2D eigenvalue weighted by Crippen LogP contribution is -2.49. The maximum Gasteiger partial charge on any atom is 0.260 e. The number of ether oxygens (including phenoxy) is 1. The van der Waals surface area contributed by atoms with Crippen LogP contribution in [0.4, 0.5) is 0 Å². The summed E-state index contributed by atoms with van der Waals surface area (Å²) in [7, 11) is 1.93. The van der Waals surface area contributed by atoms with E-state index < -0.39 is 0 Å². The standard InChI is InChI=1S/C23H28N2O2/c1-25(21-14-19-11-12-20(15-21)24-19)23(26)16-27-22-10-6-5-9-18(22)13-17-7-3-2-4-8-17/h2-10,19-21,24H,11-16H2,1H3. The van der Waals surface area contributed by atoms with Crippen molar-refractivity contribution in [1.29, 1.82) is 0 Å². The summed E-state index contributed by atoms with van der Waals surface area (Å²) < 4.78 is 5.95. The summed E-state index contributed by atoms with van der Waals surface area (Å²) in [6.07, 6.45) is 5.41. The Kier molecular flexibility index (Phi) is 5.44. The van der Waals surface area contributed by atoms with Crippen LogP contribution in [0.5, 0.6) is 5.75 Å². The summed E-state index contributed by atoms with van der Waals surface area (Å²) in [5, 5.41) is 3.63. The number of hydrogen-bond acceptors (Lipinski definition) is 3. The molecule has 2 atom stereocenters. The highest BCUT2D eigenvalue weighted by molar-refractivity contribution is 5.78. The van der Waals surface area contributed by atoms with Gasteiger partial charge in [0, 0.05) is 31.6 Å². The molecule has 0 aliphatic carbocycles. The van der Waals surface area contributed by atoms with E-state index in [1.807, 2.05) is 48.3 Å². The van der Waals surface area contributed by atoms with Gasteiger partial charge in [0.25, 0.3) is 5.91 Å². The van der Waals surface area contributed by atoms with Crippen LogP contribution >= 0.6 is 0 Å². The number of nitrogens with zero attached hydrogens (tertiary/aromatic N) is 1. The molecule has 0 radical (unpaired) electrons. The first-order valence-corrected chi connectivity index (χ1v) is 9.95. The Balaban J connectivity index is 1.36. The Morgan fingerprint density at radius 3 is 2.44 bits per heavy atom. The monoisotopic (exact) mass is 364 g/mol. The number of fused-ring (bicyclic) bond motifs is 2. The van der Waals surface area contributed by atoms with Crippen LogP contribution in [0.25, 0.3) is 0 Å². The molecule has 1 N–H and O–H groups in total. The Bertz CT molecular complexity index is 765. The average Bonchev–Trinajstić information content (AvgIpc) is 3.05. The molecule has 0 aromatic heterocycles. The molecule has 2 aromatic carbocycles. The van der Waals surface area contributed by atoms with Gasteiger partial charge in [-0.1, -0.05) is 48.5 Å². The topological polar surface area (TPSA) is 41.6 Å². The number of carbonyl (C=O) groups excluding carboxylic acids is 1. The number of nitrogens with one attached hydrogen (secondary N) is 1. The van der Waals surface area contributed by atoms with Crippen molar-refractivity contribution in [2.24, 2.45) is 0 Å². The first kappa shape index (κ1) is 18.1. The van der Waals surface area contributed by atoms with Gasteiger partial charge >= 0.3 is 0 Å². The molecular weight excluding hydrogens is 336 g/mol. The lowest BCUT2D eigenvalue weighted by atomic mass is 9.98. The lowest BCUT2D eigenvalue weighted by molar-refractivity contribution is -0.134. The molecule has 2 fully saturated rings. The van der Waals surface area contributed by atoms with E-state index >= 15 is 0 Å². The minimum Gasteiger partial charge on any atom is -0.483 e. The summed E-state index contributed by atoms with van der Waals surface area (Å²) in [6.45, 7) is 0.0988. The molecule has 2 unspecified atom stereocenters. The number of likely N-dealkylation sites (N-methyl/N-ethyl adjacent to an activating group) is 1. The zero-order chi connectivity index (χ0) is 18.6. The van der Waals surface area contributed by atoms with Gasteiger partial charge in [0.1, 0.15) is 5.75 Å². The Morgan fingerprint density at radius 1 is 1.04 bits per heavy atom. The Hall–Kier alpha value is -2.33. The highest BCUT2D eigenvalue weighted by Crippen LogP contribution is 2.29. The third-order valence-corrected chi connectivity index (χ3v) is 5.95. The lowest BCUT2D eigenvalue weighted by Gasteiger charge is -2.35. The van der Waals surface area contributed by atoms with E-state index in [0.717, 1.165) is 30.6 Å². The molecule has 0 saturated carbocycles. The minimum atomic E-state index is 0.0656. The molecule has 0 spiro atoms. The van der Waals surface area contributed by atoms with E-state index in [9.17, 15) is 4.79 Å². The molecule has 1 amide bonds. The molecule has 2 aromatic rings. The van der Waals surface area contributed by atoms with Gasteiger partial charge in [-0.2, -0.15) is 0 Å². The van der Waals surface area contributed by atoms with Crippen molar-refractivity contribution in [2.45, 2.75) is 50.2 Å². The van der Waals surface area contributed by atoms with E-state index in [-0.39, 0.29) is 12.5 Å². The highest BCUT2D eigenvalue weighted by Gasteiger charge is 2.36. The molecule has 2 saturated heterocycles. The van der Waals surface area contributed by atoms with Crippen molar-refractivity contribution in [3.05, 3.63) is 65.7 Å². The zero-order valence-corrected chi connectivity index (χ0v) is 15.9. The molecule has 4 heteroatoms. The molecule has 142 valence electrons. The van der Waals surface area contributed by atoms with E-state index in [2.05, 4.69) is 23.5 Å². The van der Waals surface area contributed by atoms with Gasteiger partial charge in [-0.3, -0.25) is 4.79 Å². The van der Waals surface area contributed by atoms with Crippen molar-refractivity contribution in [2.75, 3.05) is 13.7 Å². The van der Waals surface area contributed by atoms with Crippen molar-refractivity contribution in [1.82, 2.24) is 10.2 Å². The quantitative estimate of drug-likeness (QED) is 0.854. The maximum atomic E-state index is 12.7. The third kappa shape index (κ3) is 4.33. The fraction of sp³-hybridized carbons (Fsp3) is 0.435. The van der Waals surface area contributed by atoms with Crippen LogP contribution in [-0.4, -0.2) is 42.6 Å². The predicted molar refractivity (Wildman–Crippen MR) is 107 cm³/mol. The second kappa shape index (κ2) is 8.13. The number of benzene rings is 2. The van der Waals surface area contributed by atoms with Crippen molar-refractivity contribution < 1.29 is 9.53 Å². The van der Waals surface area contributed by atoms with Crippen LogP contribution in [0.15, 0.2) is 54.6 Å². The normalized spacial score (nSPS) is 23.8. The molecule has 4 rings (SSSR count). The fourth-order valence-electron chi connectivity index (χ4n) is 4.39. The number of para-hydroxylation sites is 1. The Labute approximate surface area is 161 Å². The molecule has 2 aliphatic heterocycles. The summed E-state index contributed by atoms with van der Waals surface area (Å²) in [4.78, 5) is 14.6. The van der Waals surface area contributed by atoms with Gasteiger partial charge in [-0.15, -0.1) is 0 Å². The van der Waals surface area contributed by atoms with Crippen LogP contribution in [0.1, 0.15) is 36.8 Å². The smallest absolute Gasteiger partial charge is 0.260 e. The van der Waals surface area contributed by atoms with Crippen LogP contribution in [0.3, 0.4) is 0 Å². The predicted octanol–water partition coefficient (Wildman–Crippen LogP) is 3.40. The van der Waals surface area contributed by atoms with Crippen molar-refractivity contribution in [3.8, 4) is 5.75 Å². The van der Waals surface area contributed by atoms with Gasteiger partial charge in [-0.05, 0) is 42.9 Å². The van der Waals surface area contributed by atoms with Crippen LogP contribution in [0.2, 0.25) is 0 Å². The van der Waals surface area contributed by atoms with Gasteiger partial charge in [0.15, 0.2) is 6.61 Å². The summed E-state index contributed by atoms with van der Waals surface area (Å²) in [5.74, 6) is 0.865. The molecule has 2 heterocycles. The average molecular weight is 364 g/mol. The molecule has 2 bridgehead atoms. The first-order valence-electron chi connectivity index (χ1n) is 9.95. The number of rotatable bonds is 6. The van der Waals surface area contributed by atoms with E-state index in [0.29, 0.717) is 18.1 Å². The first-order chi connectivity index (χ1) is 13.2. The number of hydrogen-bond donors (Lipinski definition) is 1. The highest BCUT2D eigenvalue weighted by atomic mass is 16.5. The van der Waals surface area contributed by atoms with Gasteiger partial charge in [-0.25, -0.2) is 0 Å². The number of carbonyl (C=O) groups is 1. The maximum absolute atomic E-state index is 12.7. The summed E-state index contributed by atoms with van der Waals surface area (Å²) in [6, 6.07) is 19.8. The third-order valence-electron chi connectivity index (χ3n) is 5.95. The van der Waals surface area contributed by atoms with Gasteiger partial charge in [0.05, 0.1) is 0 Å². The van der Waals surface area contributed by atoms with Crippen molar-refractivity contribution >= 4 is 5.91 Å². The minimum absolute atomic E-state index is 0.0656. The van der Waals surface area contributed by atoms with Crippen LogP contribution < -0.4 is 10.1 Å². The fourth-order valence-corrected chi connectivity index (χ4v) is 4.39. The Morgan fingerprint density at radius 2 is 1.70 bits per heavy atom. The second-order valence-electron chi connectivity index (χ2n) is 7.83. The van der Waals surface area contributed by atoms with Crippen molar-refractivity contribution in [3.63, 3.8) is 0 Å². The number of piperidine rings is 1. The molecule has 4 nitrogen and oxygen atoms in total. The molecule has 2 aliphatic rings. The SMILES string of the molecule is CN(C(=O)COc1ccccc1Cc1ccccc1)C1CC2CCC(C1)N2. The molecule has 27 heavy (non-hydrogen) atoms. The van der Waals surface area contributed by atoms with Crippen LogP contribution in [-0.2, 0) is 11.2 Å². The number of amides is 1. The van der Waals surface area contributed by atoms with E-state index in [1.54, 1.807) is 0 Å². The zero-order valence-electron chi connectivity index (χ0n) is 15.9. The van der Waals surface area contributed by atoms with Gasteiger partial charge < -0.3 is 15.0 Å². The largest absolute Gasteiger partial charge is 0.483 e. The van der Waals surface area contributed by atoms with Gasteiger partial charge in [0.2, 0.25) is 0 Å². The summed E-state index contributed by atoms with van der Waals surface area (Å²) >= 11 is 0. The second-order valence-corrected chi connectivity index (χ2v) is 7.83. The van der Waals surface area contributed by atoms with E-state index in [4.69, 9.17) is 4.74 Å². The van der Waals surface area contributed by atoms with Crippen LogP contribution in [0, 0.1) is 0 Å². The van der Waals surface area contributed by atoms with E-state index in [1.165, 1.54) is 18.4 Å².